The predicted molar refractivity (Wildman–Crippen MR) is 67.2 cm³/mol. The highest BCUT2D eigenvalue weighted by molar-refractivity contribution is 6.71. The summed E-state index contributed by atoms with van der Waals surface area (Å²) >= 11 is 0. The van der Waals surface area contributed by atoms with Crippen molar-refractivity contribution in [1.29, 1.82) is 0 Å². The molecule has 0 atom stereocenters. The van der Waals surface area contributed by atoms with Crippen molar-refractivity contribution in [2.75, 3.05) is 6.61 Å². The molecule has 0 N–H and O–H groups in total. The van der Waals surface area contributed by atoms with Gasteiger partial charge in [0.15, 0.2) is 8.32 Å². The van der Waals surface area contributed by atoms with Gasteiger partial charge in [-0.1, -0.05) is 33.6 Å². The minimum Gasteiger partial charge on any atom is -0.417 e. The summed E-state index contributed by atoms with van der Waals surface area (Å²) in [5.74, 6) is 0.819. The van der Waals surface area contributed by atoms with Crippen LogP contribution in [0.5, 0.6) is 0 Å². The Balaban J connectivity index is 3.44. The van der Waals surface area contributed by atoms with E-state index in [1.807, 2.05) is 0 Å². The predicted octanol–water partition coefficient (Wildman–Crippen LogP) is 4.44. The second kappa shape index (κ2) is 7.47. The van der Waals surface area contributed by atoms with Gasteiger partial charge in [0.05, 0.1) is 0 Å². The van der Waals surface area contributed by atoms with E-state index in [2.05, 4.69) is 33.9 Å². The molecule has 0 fully saturated rings. The van der Waals surface area contributed by atoms with Gasteiger partial charge in [-0.25, -0.2) is 0 Å². The molecule has 1 nitrogen and oxygen atoms in total. The highest BCUT2D eigenvalue weighted by atomic mass is 28.4. The topological polar surface area (TPSA) is 9.23 Å². The lowest BCUT2D eigenvalue weighted by atomic mass is 10.1. The molecule has 0 aromatic carbocycles. The van der Waals surface area contributed by atoms with Crippen molar-refractivity contribution in [1.82, 2.24) is 0 Å². The molecule has 0 aromatic heterocycles. The second-order valence-electron chi connectivity index (χ2n) is 5.25. The molecule has 0 aliphatic carbocycles. The third kappa shape index (κ3) is 8.76. The van der Waals surface area contributed by atoms with Crippen LogP contribution in [0.2, 0.25) is 19.1 Å². The Morgan fingerprint density at radius 2 is 1.79 bits per heavy atom. The highest BCUT2D eigenvalue weighted by Crippen LogP contribution is 2.16. The van der Waals surface area contributed by atoms with Crippen molar-refractivity contribution in [2.45, 2.75) is 65.6 Å². The molecule has 0 rings (SSSR count). The van der Waals surface area contributed by atoms with Gasteiger partial charge in [0.2, 0.25) is 0 Å². The van der Waals surface area contributed by atoms with E-state index in [-0.39, 0.29) is 0 Å². The van der Waals surface area contributed by atoms with Gasteiger partial charge in [0.25, 0.3) is 0 Å². The lowest BCUT2D eigenvalue weighted by molar-refractivity contribution is 0.287. The largest absolute Gasteiger partial charge is 0.417 e. The van der Waals surface area contributed by atoms with Gasteiger partial charge in [0.1, 0.15) is 0 Å². The van der Waals surface area contributed by atoms with E-state index in [0.717, 1.165) is 12.5 Å². The summed E-state index contributed by atoms with van der Waals surface area (Å²) < 4.78 is 6.02. The molecule has 0 amide bonds. The molecular formula is C12H28OSi. The quantitative estimate of drug-likeness (QED) is 0.430. The Bertz CT molecular complexity index is 132. The summed E-state index contributed by atoms with van der Waals surface area (Å²) in [6.45, 7) is 12.5. The SMILES string of the molecule is CCCC[Si](C)(C)OCCCC(C)C. The molecule has 0 saturated heterocycles. The van der Waals surface area contributed by atoms with E-state index in [0.29, 0.717) is 0 Å². The molecule has 14 heavy (non-hydrogen) atoms. The van der Waals surface area contributed by atoms with Crippen LogP contribution in [0.3, 0.4) is 0 Å². The molecule has 0 unspecified atom stereocenters. The van der Waals surface area contributed by atoms with E-state index >= 15 is 0 Å². The molecule has 0 heterocycles. The lowest BCUT2D eigenvalue weighted by Crippen LogP contribution is -2.30. The number of hydrogen-bond donors (Lipinski definition) is 0. The summed E-state index contributed by atoms with van der Waals surface area (Å²) in [4.78, 5) is 0. The monoisotopic (exact) mass is 216 g/mol. The first-order valence-corrected chi connectivity index (χ1v) is 9.23. The molecule has 0 saturated carbocycles. The zero-order chi connectivity index (χ0) is 11.0. The third-order valence-corrected chi connectivity index (χ3v) is 5.09. The number of rotatable bonds is 8. The summed E-state index contributed by atoms with van der Waals surface area (Å²) in [5, 5.41) is 0. The van der Waals surface area contributed by atoms with Crippen molar-refractivity contribution in [3.8, 4) is 0 Å². The van der Waals surface area contributed by atoms with E-state index in [9.17, 15) is 0 Å². The lowest BCUT2D eigenvalue weighted by Gasteiger charge is -2.22. The van der Waals surface area contributed by atoms with Crippen LogP contribution in [0.15, 0.2) is 0 Å². The van der Waals surface area contributed by atoms with Gasteiger partial charge >= 0.3 is 0 Å². The summed E-state index contributed by atoms with van der Waals surface area (Å²) in [6.07, 6.45) is 5.17. The highest BCUT2D eigenvalue weighted by Gasteiger charge is 2.20. The molecule has 0 aliphatic heterocycles. The van der Waals surface area contributed by atoms with Crippen LogP contribution >= 0.6 is 0 Å². The van der Waals surface area contributed by atoms with Crippen LogP contribution in [-0.2, 0) is 4.43 Å². The van der Waals surface area contributed by atoms with Crippen molar-refractivity contribution in [3.05, 3.63) is 0 Å². The van der Waals surface area contributed by atoms with Crippen LogP contribution in [-0.4, -0.2) is 14.9 Å². The average molecular weight is 216 g/mol. The van der Waals surface area contributed by atoms with Crippen LogP contribution in [0.1, 0.15) is 46.5 Å². The maximum absolute atomic E-state index is 6.02. The number of unbranched alkanes of at least 4 members (excludes halogenated alkanes) is 1. The van der Waals surface area contributed by atoms with Gasteiger partial charge in [-0.3, -0.25) is 0 Å². The first-order valence-electron chi connectivity index (χ1n) is 6.12. The van der Waals surface area contributed by atoms with Crippen molar-refractivity contribution in [3.63, 3.8) is 0 Å². The van der Waals surface area contributed by atoms with Gasteiger partial charge in [-0.05, 0) is 37.9 Å². The van der Waals surface area contributed by atoms with Gasteiger partial charge < -0.3 is 4.43 Å². The fraction of sp³-hybridized carbons (Fsp3) is 1.00. The molecule has 0 aromatic rings. The van der Waals surface area contributed by atoms with E-state index < -0.39 is 8.32 Å². The Morgan fingerprint density at radius 3 is 2.29 bits per heavy atom. The molecular weight excluding hydrogens is 188 g/mol. The summed E-state index contributed by atoms with van der Waals surface area (Å²) in [5.41, 5.74) is 0. The average Bonchev–Trinajstić information content (AvgIpc) is 2.09. The first kappa shape index (κ1) is 14.2. The maximum atomic E-state index is 6.02. The zero-order valence-electron chi connectivity index (χ0n) is 10.7. The molecule has 0 radical (unpaired) electrons. The van der Waals surface area contributed by atoms with Gasteiger partial charge in [-0.2, -0.15) is 0 Å². The molecule has 2 heteroatoms. The Hall–Kier alpha value is 0.177. The minimum atomic E-state index is -1.30. The zero-order valence-corrected chi connectivity index (χ0v) is 11.7. The van der Waals surface area contributed by atoms with Crippen LogP contribution < -0.4 is 0 Å². The van der Waals surface area contributed by atoms with Crippen LogP contribution in [0.25, 0.3) is 0 Å². The smallest absolute Gasteiger partial charge is 0.186 e. The second-order valence-corrected chi connectivity index (χ2v) is 9.56. The molecule has 86 valence electrons. The van der Waals surface area contributed by atoms with Crippen molar-refractivity contribution in [2.24, 2.45) is 5.92 Å². The normalized spacial score (nSPS) is 12.4. The van der Waals surface area contributed by atoms with E-state index in [1.165, 1.54) is 31.7 Å². The first-order chi connectivity index (χ1) is 6.48. The van der Waals surface area contributed by atoms with Crippen molar-refractivity contribution < 1.29 is 4.43 Å². The maximum Gasteiger partial charge on any atom is 0.186 e. The van der Waals surface area contributed by atoms with Gasteiger partial charge in [-0.15, -0.1) is 0 Å². The fourth-order valence-corrected chi connectivity index (χ4v) is 3.56. The number of hydrogen-bond acceptors (Lipinski definition) is 1. The van der Waals surface area contributed by atoms with E-state index in [4.69, 9.17) is 4.43 Å². The van der Waals surface area contributed by atoms with Crippen LogP contribution in [0, 0.1) is 5.92 Å². The molecule has 0 bridgehead atoms. The summed E-state index contributed by atoms with van der Waals surface area (Å²) in [6, 6.07) is 1.32. The minimum absolute atomic E-state index is 0.819. The van der Waals surface area contributed by atoms with E-state index in [1.54, 1.807) is 0 Å². The van der Waals surface area contributed by atoms with Crippen LogP contribution in [0.4, 0.5) is 0 Å². The Morgan fingerprint density at radius 1 is 1.14 bits per heavy atom. The fourth-order valence-electron chi connectivity index (χ4n) is 1.51. The molecule has 0 aliphatic rings. The standard InChI is InChI=1S/C12H28OSi/c1-6-7-11-14(4,5)13-10-8-9-12(2)3/h12H,6-11H2,1-5H3. The summed E-state index contributed by atoms with van der Waals surface area (Å²) in [7, 11) is -1.30. The molecule has 0 spiro atoms. The third-order valence-electron chi connectivity index (χ3n) is 2.55. The Kier molecular flexibility index (Phi) is 7.56. The van der Waals surface area contributed by atoms with Crippen molar-refractivity contribution >= 4 is 8.32 Å². The van der Waals surface area contributed by atoms with Gasteiger partial charge in [0, 0.05) is 6.61 Å². The Labute approximate surface area is 91.4 Å².